The summed E-state index contributed by atoms with van der Waals surface area (Å²) in [5, 5.41) is 0. The van der Waals surface area contributed by atoms with Crippen molar-refractivity contribution in [1.29, 1.82) is 0 Å². The van der Waals surface area contributed by atoms with Gasteiger partial charge in [-0.1, -0.05) is 24.6 Å². The average molecular weight is 333 g/mol. The Morgan fingerprint density at radius 3 is 2.21 bits per heavy atom. The Bertz CT molecular complexity index is 754. The smallest absolute Gasteiger partial charge is 0.233 e. The molecule has 0 bridgehead atoms. The number of benzene rings is 2. The van der Waals surface area contributed by atoms with E-state index < -0.39 is 17.0 Å². The van der Waals surface area contributed by atoms with Gasteiger partial charge in [0.25, 0.3) is 0 Å². The van der Waals surface area contributed by atoms with Gasteiger partial charge in [-0.25, -0.2) is 13.2 Å². The average Bonchev–Trinajstić information content (AvgIpc) is 2.50. The van der Waals surface area contributed by atoms with Crippen molar-refractivity contribution in [1.82, 2.24) is 4.90 Å². The quantitative estimate of drug-likeness (QED) is 0.822. The molecule has 1 aliphatic rings. The first-order valence-electron chi connectivity index (χ1n) is 7.88. The molecular formula is C19H18F3NO. The third-order valence-corrected chi connectivity index (χ3v) is 4.78. The molecule has 0 unspecified atom stereocenters. The summed E-state index contributed by atoms with van der Waals surface area (Å²) in [6, 6.07) is 9.31. The molecule has 3 rings (SSSR count). The van der Waals surface area contributed by atoms with Crippen LogP contribution in [0.25, 0.3) is 0 Å². The molecule has 0 saturated heterocycles. The normalized spacial score (nSPS) is 15.7. The molecular weight excluding hydrogens is 315 g/mol. The summed E-state index contributed by atoms with van der Waals surface area (Å²) >= 11 is 0. The summed E-state index contributed by atoms with van der Waals surface area (Å²) in [5.74, 6) is -1.78. The van der Waals surface area contributed by atoms with Crippen molar-refractivity contribution in [2.75, 3.05) is 7.05 Å². The summed E-state index contributed by atoms with van der Waals surface area (Å²) < 4.78 is 40.0. The first-order chi connectivity index (χ1) is 11.4. The Labute approximate surface area is 138 Å². The second-order valence-electron chi connectivity index (χ2n) is 6.34. The molecule has 0 aliphatic heterocycles. The van der Waals surface area contributed by atoms with Crippen molar-refractivity contribution < 1.29 is 18.0 Å². The zero-order valence-corrected chi connectivity index (χ0v) is 13.4. The number of rotatable bonds is 4. The largest absolute Gasteiger partial charge is 0.341 e. The summed E-state index contributed by atoms with van der Waals surface area (Å²) in [5.41, 5.74) is 0.381. The number of nitrogens with zero attached hydrogens (tertiary/aromatic N) is 1. The third-order valence-electron chi connectivity index (χ3n) is 4.78. The van der Waals surface area contributed by atoms with Crippen LogP contribution in [-0.4, -0.2) is 17.9 Å². The fourth-order valence-electron chi connectivity index (χ4n) is 3.27. The monoisotopic (exact) mass is 333 g/mol. The van der Waals surface area contributed by atoms with Gasteiger partial charge in [0, 0.05) is 25.2 Å². The van der Waals surface area contributed by atoms with Crippen molar-refractivity contribution in [2.45, 2.75) is 31.2 Å². The van der Waals surface area contributed by atoms with E-state index in [4.69, 9.17) is 0 Å². The van der Waals surface area contributed by atoms with Gasteiger partial charge in [0.2, 0.25) is 5.91 Å². The predicted molar refractivity (Wildman–Crippen MR) is 84.8 cm³/mol. The Balaban J connectivity index is 1.82. The van der Waals surface area contributed by atoms with E-state index in [1.165, 1.54) is 29.2 Å². The van der Waals surface area contributed by atoms with Crippen LogP contribution in [0.4, 0.5) is 13.2 Å². The highest BCUT2D eigenvalue weighted by atomic mass is 19.1. The Morgan fingerprint density at radius 2 is 1.67 bits per heavy atom. The Hall–Kier alpha value is -2.30. The molecule has 5 heteroatoms. The van der Waals surface area contributed by atoms with Crippen LogP contribution in [0.15, 0.2) is 42.5 Å². The zero-order chi connectivity index (χ0) is 17.3. The van der Waals surface area contributed by atoms with Crippen LogP contribution < -0.4 is 0 Å². The topological polar surface area (TPSA) is 20.3 Å². The van der Waals surface area contributed by atoms with E-state index in [-0.39, 0.29) is 23.8 Å². The fourth-order valence-corrected chi connectivity index (χ4v) is 3.27. The van der Waals surface area contributed by atoms with Gasteiger partial charge < -0.3 is 4.90 Å². The van der Waals surface area contributed by atoms with Crippen LogP contribution in [-0.2, 0) is 16.8 Å². The van der Waals surface area contributed by atoms with Crippen LogP contribution in [0.1, 0.15) is 30.4 Å². The van der Waals surface area contributed by atoms with E-state index in [0.717, 1.165) is 18.1 Å². The van der Waals surface area contributed by atoms with E-state index in [1.54, 1.807) is 19.2 Å². The minimum Gasteiger partial charge on any atom is -0.341 e. The van der Waals surface area contributed by atoms with Crippen LogP contribution in [0.2, 0.25) is 0 Å². The van der Waals surface area contributed by atoms with Gasteiger partial charge in [-0.05, 0) is 36.6 Å². The molecule has 1 aliphatic carbocycles. The molecule has 1 amide bonds. The van der Waals surface area contributed by atoms with Gasteiger partial charge >= 0.3 is 0 Å². The van der Waals surface area contributed by atoms with E-state index in [1.807, 2.05) is 0 Å². The second kappa shape index (κ2) is 6.30. The molecule has 2 aromatic carbocycles. The molecule has 0 radical (unpaired) electrons. The number of carbonyl (C=O) groups excluding carboxylic acids is 1. The lowest BCUT2D eigenvalue weighted by Crippen LogP contribution is -2.49. The molecule has 126 valence electrons. The number of hydrogen-bond acceptors (Lipinski definition) is 1. The summed E-state index contributed by atoms with van der Waals surface area (Å²) in [7, 11) is 1.61. The summed E-state index contributed by atoms with van der Waals surface area (Å²) in [6.07, 6.45) is 2.29. The predicted octanol–water partition coefficient (Wildman–Crippen LogP) is 4.18. The number of likely N-dealkylation sites (N-methyl/N-ethyl adjacent to an activating group) is 1. The lowest BCUT2D eigenvalue weighted by Gasteiger charge is -2.43. The Kier molecular flexibility index (Phi) is 4.35. The number of halogens is 3. The molecule has 2 aromatic rings. The van der Waals surface area contributed by atoms with Gasteiger partial charge in [-0.15, -0.1) is 0 Å². The van der Waals surface area contributed by atoms with E-state index in [2.05, 4.69) is 0 Å². The molecule has 0 aromatic heterocycles. The van der Waals surface area contributed by atoms with Gasteiger partial charge in [-0.2, -0.15) is 0 Å². The molecule has 0 atom stereocenters. The number of hydrogen-bond donors (Lipinski definition) is 0. The van der Waals surface area contributed by atoms with Crippen molar-refractivity contribution in [3.8, 4) is 0 Å². The number of carbonyl (C=O) groups is 1. The molecule has 1 saturated carbocycles. The van der Waals surface area contributed by atoms with Crippen molar-refractivity contribution >= 4 is 5.91 Å². The van der Waals surface area contributed by atoms with Crippen LogP contribution in [0, 0.1) is 17.5 Å². The SMILES string of the molecule is CN(Cc1ccc(F)cc1F)C(=O)C1(c2ccc(F)cc2)CCC1. The summed E-state index contributed by atoms with van der Waals surface area (Å²) in [6.45, 7) is 0.0634. The first kappa shape index (κ1) is 16.6. The first-order valence-corrected chi connectivity index (χ1v) is 7.88. The van der Waals surface area contributed by atoms with Crippen molar-refractivity contribution in [3.05, 3.63) is 71.0 Å². The van der Waals surface area contributed by atoms with Gasteiger partial charge in [0.15, 0.2) is 0 Å². The molecule has 2 nitrogen and oxygen atoms in total. The second-order valence-corrected chi connectivity index (χ2v) is 6.34. The summed E-state index contributed by atoms with van der Waals surface area (Å²) in [4.78, 5) is 14.4. The van der Waals surface area contributed by atoms with E-state index >= 15 is 0 Å². The minimum absolute atomic E-state index is 0.0634. The third kappa shape index (κ3) is 2.90. The van der Waals surface area contributed by atoms with Crippen LogP contribution >= 0.6 is 0 Å². The fraction of sp³-hybridized carbons (Fsp3) is 0.316. The molecule has 1 fully saturated rings. The molecule has 0 N–H and O–H groups in total. The zero-order valence-electron chi connectivity index (χ0n) is 13.4. The lowest BCUT2D eigenvalue weighted by atomic mass is 9.63. The highest BCUT2D eigenvalue weighted by molar-refractivity contribution is 5.89. The molecule has 24 heavy (non-hydrogen) atoms. The molecule has 0 spiro atoms. The van der Waals surface area contributed by atoms with Gasteiger partial charge in [0.1, 0.15) is 17.5 Å². The van der Waals surface area contributed by atoms with Crippen LogP contribution in [0.5, 0.6) is 0 Å². The lowest BCUT2D eigenvalue weighted by molar-refractivity contribution is -0.140. The van der Waals surface area contributed by atoms with E-state index in [9.17, 15) is 18.0 Å². The van der Waals surface area contributed by atoms with Crippen molar-refractivity contribution in [2.24, 2.45) is 0 Å². The van der Waals surface area contributed by atoms with Crippen LogP contribution in [0.3, 0.4) is 0 Å². The Morgan fingerprint density at radius 1 is 1.04 bits per heavy atom. The maximum Gasteiger partial charge on any atom is 0.233 e. The number of amides is 1. The maximum atomic E-state index is 13.8. The van der Waals surface area contributed by atoms with Crippen molar-refractivity contribution in [3.63, 3.8) is 0 Å². The highest BCUT2D eigenvalue weighted by Gasteiger charge is 2.47. The maximum absolute atomic E-state index is 13.8. The highest BCUT2D eigenvalue weighted by Crippen LogP contribution is 2.45. The van der Waals surface area contributed by atoms with E-state index in [0.29, 0.717) is 12.8 Å². The van der Waals surface area contributed by atoms with Gasteiger partial charge in [0.05, 0.1) is 5.41 Å². The van der Waals surface area contributed by atoms with Gasteiger partial charge in [-0.3, -0.25) is 4.79 Å². The minimum atomic E-state index is -0.668. The standard InChI is InChI=1S/C19H18F3NO/c1-23(12-13-3-6-16(21)11-17(13)22)18(24)19(9-2-10-19)14-4-7-15(20)8-5-14/h3-8,11H,2,9-10,12H2,1H3. The molecule has 0 heterocycles.